The number of rotatable bonds is 7. The third-order valence-corrected chi connectivity index (χ3v) is 4.66. The van der Waals surface area contributed by atoms with E-state index in [4.69, 9.17) is 4.74 Å². The van der Waals surface area contributed by atoms with Gasteiger partial charge in [-0.05, 0) is 17.7 Å². The smallest absolute Gasteiger partial charge is 0.316 e. The predicted molar refractivity (Wildman–Crippen MR) is 88.0 cm³/mol. The summed E-state index contributed by atoms with van der Waals surface area (Å²) < 4.78 is 10.2. The Morgan fingerprint density at radius 3 is 2.61 bits per heavy atom. The Labute approximate surface area is 141 Å². The number of aromatic nitrogens is 2. The molecule has 0 unspecified atom stereocenters. The standard InChI is InChI=1S/C14H15N3O4S2/c1-20-10-5-3-9(4-6-10)7-11(18)15-13-16-17-14(23-13)22-8-12(19)21-2/h3-6H,7-8H2,1-2H3,(H,15,16,18). The Kier molecular flexibility index (Phi) is 6.36. The molecule has 0 saturated carbocycles. The highest BCUT2D eigenvalue weighted by Gasteiger charge is 2.11. The van der Waals surface area contributed by atoms with Crippen LogP contribution < -0.4 is 10.1 Å². The van der Waals surface area contributed by atoms with Crippen LogP contribution in [0.1, 0.15) is 5.56 Å². The van der Waals surface area contributed by atoms with Crippen molar-refractivity contribution in [1.82, 2.24) is 10.2 Å². The summed E-state index contributed by atoms with van der Waals surface area (Å²) in [6.07, 6.45) is 0.230. The summed E-state index contributed by atoms with van der Waals surface area (Å²) in [7, 11) is 2.92. The van der Waals surface area contributed by atoms with Crippen LogP contribution in [0.3, 0.4) is 0 Å². The molecule has 1 aromatic heterocycles. The van der Waals surface area contributed by atoms with Gasteiger partial charge in [0.05, 0.1) is 26.4 Å². The number of benzene rings is 1. The number of thioether (sulfide) groups is 1. The number of hydrogen-bond donors (Lipinski definition) is 1. The Morgan fingerprint density at radius 2 is 1.96 bits per heavy atom. The van der Waals surface area contributed by atoms with Gasteiger partial charge in [-0.3, -0.25) is 9.59 Å². The SMILES string of the molecule is COC(=O)CSc1nnc(NC(=O)Cc2ccc(OC)cc2)s1. The molecule has 1 amide bonds. The minimum atomic E-state index is -0.338. The van der Waals surface area contributed by atoms with Gasteiger partial charge in [0, 0.05) is 0 Å². The first-order chi connectivity index (χ1) is 11.1. The van der Waals surface area contributed by atoms with Crippen molar-refractivity contribution < 1.29 is 19.1 Å². The predicted octanol–water partition coefficient (Wildman–Crippen LogP) is 1.99. The number of nitrogens with zero attached hydrogens (tertiary/aromatic N) is 2. The van der Waals surface area contributed by atoms with E-state index >= 15 is 0 Å². The number of ether oxygens (including phenoxy) is 2. The molecule has 23 heavy (non-hydrogen) atoms. The van der Waals surface area contributed by atoms with Crippen LogP contribution in [0.15, 0.2) is 28.6 Å². The van der Waals surface area contributed by atoms with Crippen LogP contribution in [0.2, 0.25) is 0 Å². The fourth-order valence-electron chi connectivity index (χ4n) is 1.59. The van der Waals surface area contributed by atoms with E-state index < -0.39 is 0 Å². The number of hydrogen-bond acceptors (Lipinski definition) is 8. The Hall–Kier alpha value is -2.13. The van der Waals surface area contributed by atoms with Gasteiger partial charge in [0.2, 0.25) is 11.0 Å². The zero-order valence-corrected chi connectivity index (χ0v) is 14.2. The molecular formula is C14H15N3O4S2. The molecule has 2 rings (SSSR count). The third kappa shape index (κ3) is 5.53. The van der Waals surface area contributed by atoms with E-state index in [1.807, 2.05) is 12.1 Å². The van der Waals surface area contributed by atoms with E-state index in [2.05, 4.69) is 20.3 Å². The molecule has 1 aromatic carbocycles. The molecular weight excluding hydrogens is 338 g/mol. The van der Waals surface area contributed by atoms with Gasteiger partial charge in [-0.1, -0.05) is 35.2 Å². The monoisotopic (exact) mass is 353 g/mol. The molecule has 0 bridgehead atoms. The van der Waals surface area contributed by atoms with Crippen LogP contribution in [-0.2, 0) is 20.7 Å². The highest BCUT2D eigenvalue weighted by Crippen LogP contribution is 2.25. The van der Waals surface area contributed by atoms with E-state index in [0.717, 1.165) is 11.3 Å². The van der Waals surface area contributed by atoms with Crippen LogP contribution >= 0.6 is 23.1 Å². The highest BCUT2D eigenvalue weighted by molar-refractivity contribution is 8.01. The van der Waals surface area contributed by atoms with Crippen molar-refractivity contribution in [2.24, 2.45) is 0 Å². The molecule has 0 saturated heterocycles. The molecule has 1 heterocycles. The third-order valence-electron chi connectivity index (χ3n) is 2.72. The van der Waals surface area contributed by atoms with Gasteiger partial charge >= 0.3 is 5.97 Å². The van der Waals surface area contributed by atoms with Gasteiger partial charge in [0.25, 0.3) is 0 Å². The van der Waals surface area contributed by atoms with Crippen molar-refractivity contribution in [3.63, 3.8) is 0 Å². The molecule has 7 nitrogen and oxygen atoms in total. The first-order valence-electron chi connectivity index (χ1n) is 6.56. The molecule has 9 heteroatoms. The van der Waals surface area contributed by atoms with Crippen LogP contribution in [0, 0.1) is 0 Å². The molecule has 0 spiro atoms. The molecule has 0 fully saturated rings. The number of methoxy groups -OCH3 is 2. The summed E-state index contributed by atoms with van der Waals surface area (Å²) in [5.74, 6) is 0.377. The van der Waals surface area contributed by atoms with Gasteiger partial charge in [0.15, 0.2) is 4.34 Å². The average molecular weight is 353 g/mol. The lowest BCUT2D eigenvalue weighted by molar-refractivity contribution is -0.137. The Morgan fingerprint density at radius 1 is 1.22 bits per heavy atom. The fourth-order valence-corrected chi connectivity index (χ4v) is 3.19. The number of amides is 1. The van der Waals surface area contributed by atoms with E-state index in [0.29, 0.717) is 9.47 Å². The molecule has 0 aliphatic heterocycles. The topological polar surface area (TPSA) is 90.4 Å². The number of carbonyl (C=O) groups is 2. The molecule has 0 radical (unpaired) electrons. The summed E-state index contributed by atoms with van der Waals surface area (Å²) >= 11 is 2.43. The number of esters is 1. The summed E-state index contributed by atoms with van der Waals surface area (Å²) in [6, 6.07) is 7.26. The van der Waals surface area contributed by atoms with Gasteiger partial charge in [-0.15, -0.1) is 10.2 Å². The van der Waals surface area contributed by atoms with E-state index in [-0.39, 0.29) is 24.1 Å². The van der Waals surface area contributed by atoms with Crippen LogP contribution in [0.5, 0.6) is 5.75 Å². The van der Waals surface area contributed by atoms with Gasteiger partial charge in [-0.2, -0.15) is 0 Å². The maximum atomic E-state index is 12.0. The maximum absolute atomic E-state index is 12.0. The van der Waals surface area contributed by atoms with Crippen molar-refractivity contribution in [2.75, 3.05) is 25.3 Å². The highest BCUT2D eigenvalue weighted by atomic mass is 32.2. The summed E-state index contributed by atoms with van der Waals surface area (Å²) in [5, 5.41) is 10.9. The van der Waals surface area contributed by atoms with Crippen molar-refractivity contribution in [3.8, 4) is 5.75 Å². The van der Waals surface area contributed by atoms with Crippen LogP contribution in [-0.4, -0.2) is 42.0 Å². The minimum absolute atomic E-state index is 0.158. The molecule has 0 aliphatic carbocycles. The quantitative estimate of drug-likeness (QED) is 0.462. The molecule has 0 atom stereocenters. The average Bonchev–Trinajstić information content (AvgIpc) is 3.00. The van der Waals surface area contributed by atoms with E-state index in [1.165, 1.54) is 30.2 Å². The van der Waals surface area contributed by atoms with Crippen molar-refractivity contribution >= 4 is 40.1 Å². The fraction of sp³-hybridized carbons (Fsp3) is 0.286. The molecule has 0 aliphatic rings. The lowest BCUT2D eigenvalue weighted by atomic mass is 10.1. The summed E-state index contributed by atoms with van der Waals surface area (Å²) in [6.45, 7) is 0. The van der Waals surface area contributed by atoms with Crippen molar-refractivity contribution in [2.45, 2.75) is 10.8 Å². The second kappa shape index (κ2) is 8.49. The van der Waals surface area contributed by atoms with Crippen LogP contribution in [0.25, 0.3) is 0 Å². The number of nitrogens with one attached hydrogen (secondary N) is 1. The second-order valence-corrected chi connectivity index (χ2v) is 6.51. The summed E-state index contributed by atoms with van der Waals surface area (Å²) in [4.78, 5) is 23.0. The Bertz CT molecular complexity index is 673. The van der Waals surface area contributed by atoms with Gasteiger partial charge < -0.3 is 14.8 Å². The lowest BCUT2D eigenvalue weighted by Crippen LogP contribution is -2.14. The normalized spacial score (nSPS) is 10.2. The zero-order chi connectivity index (χ0) is 16.7. The number of carbonyl (C=O) groups excluding carboxylic acids is 2. The first-order valence-corrected chi connectivity index (χ1v) is 8.37. The van der Waals surface area contributed by atoms with Crippen molar-refractivity contribution in [3.05, 3.63) is 29.8 Å². The summed E-state index contributed by atoms with van der Waals surface area (Å²) in [5.41, 5.74) is 0.869. The van der Waals surface area contributed by atoms with Gasteiger partial charge in [-0.25, -0.2) is 0 Å². The largest absolute Gasteiger partial charge is 0.497 e. The van der Waals surface area contributed by atoms with Gasteiger partial charge in [0.1, 0.15) is 5.75 Å². The first kappa shape index (κ1) is 17.2. The maximum Gasteiger partial charge on any atom is 0.316 e. The lowest BCUT2D eigenvalue weighted by Gasteiger charge is -2.03. The Balaban J connectivity index is 1.85. The van der Waals surface area contributed by atoms with Crippen molar-refractivity contribution in [1.29, 1.82) is 0 Å². The number of anilines is 1. The zero-order valence-electron chi connectivity index (χ0n) is 12.6. The molecule has 1 N–H and O–H groups in total. The second-order valence-electron chi connectivity index (χ2n) is 4.31. The minimum Gasteiger partial charge on any atom is -0.497 e. The van der Waals surface area contributed by atoms with Crippen LogP contribution in [0.4, 0.5) is 5.13 Å². The van der Waals surface area contributed by atoms with E-state index in [1.54, 1.807) is 19.2 Å². The van der Waals surface area contributed by atoms with E-state index in [9.17, 15) is 9.59 Å². The molecule has 122 valence electrons. The molecule has 2 aromatic rings.